The fraction of sp³-hybridized carbons (Fsp3) is 0.400. The molecular formula is C25H33N2O5PS. The lowest BCUT2D eigenvalue weighted by Crippen LogP contribution is -2.20. The van der Waals surface area contributed by atoms with E-state index in [0.717, 1.165) is 23.2 Å². The van der Waals surface area contributed by atoms with Gasteiger partial charge in [0.25, 0.3) is 5.56 Å². The second kappa shape index (κ2) is 12.9. The third-order valence-corrected chi connectivity index (χ3v) is 8.31. The van der Waals surface area contributed by atoms with Gasteiger partial charge in [0.05, 0.1) is 32.5 Å². The number of anilines is 1. The van der Waals surface area contributed by atoms with Crippen molar-refractivity contribution in [1.29, 1.82) is 0 Å². The van der Waals surface area contributed by atoms with E-state index in [4.69, 9.17) is 13.8 Å². The summed E-state index contributed by atoms with van der Waals surface area (Å²) in [5.74, 6) is 0.581. The number of thiophene rings is 1. The van der Waals surface area contributed by atoms with Crippen molar-refractivity contribution in [2.24, 2.45) is 0 Å². The molecule has 184 valence electrons. The number of nitrogens with one attached hydrogen (secondary N) is 1. The minimum Gasteiger partial charge on any atom is -0.493 e. The molecule has 3 aromatic rings. The molecule has 0 saturated heterocycles. The summed E-state index contributed by atoms with van der Waals surface area (Å²) in [5.41, 5.74) is 2.88. The predicted octanol–water partition coefficient (Wildman–Crippen LogP) is 5.57. The van der Waals surface area contributed by atoms with Crippen molar-refractivity contribution >= 4 is 24.6 Å². The van der Waals surface area contributed by atoms with Crippen LogP contribution < -0.4 is 15.6 Å². The van der Waals surface area contributed by atoms with E-state index in [-0.39, 0.29) is 11.7 Å². The molecule has 9 heteroatoms. The van der Waals surface area contributed by atoms with Gasteiger partial charge in [-0.25, -0.2) is 0 Å². The van der Waals surface area contributed by atoms with Crippen molar-refractivity contribution in [2.75, 3.05) is 37.8 Å². The molecule has 0 aliphatic heterocycles. The van der Waals surface area contributed by atoms with Crippen LogP contribution in [0, 0.1) is 6.92 Å². The van der Waals surface area contributed by atoms with Crippen LogP contribution in [-0.4, -0.2) is 37.1 Å². The zero-order chi connectivity index (χ0) is 24.4. The van der Waals surface area contributed by atoms with Crippen LogP contribution in [-0.2, 0) is 26.6 Å². The maximum absolute atomic E-state index is 12.7. The van der Waals surface area contributed by atoms with Gasteiger partial charge in [0.1, 0.15) is 5.75 Å². The van der Waals surface area contributed by atoms with Crippen LogP contribution in [0.2, 0.25) is 0 Å². The highest BCUT2D eigenvalue weighted by atomic mass is 32.1. The summed E-state index contributed by atoms with van der Waals surface area (Å²) in [5, 5.41) is 5.38. The van der Waals surface area contributed by atoms with Gasteiger partial charge >= 0.3 is 7.60 Å². The lowest BCUT2D eigenvalue weighted by Gasteiger charge is -2.19. The Morgan fingerprint density at radius 1 is 1.09 bits per heavy atom. The molecule has 0 radical (unpaired) electrons. The van der Waals surface area contributed by atoms with Gasteiger partial charge in [-0.1, -0.05) is 18.2 Å². The SMILES string of the molecule is CCOP(=O)(CCNc1cccc(Cn2ccc(OCCc3cccs3)cc2=O)c1C)OCC. The van der Waals surface area contributed by atoms with E-state index in [1.54, 1.807) is 35.9 Å². The zero-order valence-corrected chi connectivity index (χ0v) is 21.7. The Bertz CT molecular complexity index is 1140. The zero-order valence-electron chi connectivity index (χ0n) is 20.0. The Morgan fingerprint density at radius 3 is 2.56 bits per heavy atom. The Morgan fingerprint density at radius 2 is 1.88 bits per heavy atom. The molecule has 0 aliphatic rings. The average Bonchev–Trinajstić information content (AvgIpc) is 3.32. The minimum absolute atomic E-state index is 0.110. The van der Waals surface area contributed by atoms with Gasteiger partial charge in [-0.3, -0.25) is 9.36 Å². The smallest absolute Gasteiger partial charge is 0.332 e. The maximum atomic E-state index is 12.7. The standard InChI is InChI=1S/C25H33N2O5PS/c1-4-31-33(29,32-5-2)16-13-26-24-10-6-8-21(20(24)3)19-27-14-11-22(18-25(27)28)30-15-12-23-9-7-17-34-23/h6-11,14,17-18,26H,4-5,12-13,15-16,19H2,1-3H3. The third kappa shape index (κ3) is 7.57. The van der Waals surface area contributed by atoms with E-state index in [1.807, 2.05) is 42.6 Å². The monoisotopic (exact) mass is 504 g/mol. The van der Waals surface area contributed by atoms with Crippen molar-refractivity contribution in [3.63, 3.8) is 0 Å². The van der Waals surface area contributed by atoms with Crippen LogP contribution in [0.5, 0.6) is 5.75 Å². The highest BCUT2D eigenvalue weighted by molar-refractivity contribution is 7.53. The number of nitrogens with zero attached hydrogens (tertiary/aromatic N) is 1. The Labute approximate surface area is 205 Å². The second-order valence-electron chi connectivity index (χ2n) is 7.69. The van der Waals surface area contributed by atoms with E-state index < -0.39 is 7.60 Å². The molecule has 0 atom stereocenters. The third-order valence-electron chi connectivity index (χ3n) is 5.30. The molecule has 0 aliphatic carbocycles. The molecule has 0 bridgehead atoms. The summed E-state index contributed by atoms with van der Waals surface area (Å²) in [6, 6.07) is 13.4. The Hall–Kier alpha value is -2.38. The van der Waals surface area contributed by atoms with Crippen LogP contribution in [0.1, 0.15) is 29.9 Å². The van der Waals surface area contributed by atoms with Gasteiger partial charge in [-0.15, -0.1) is 11.3 Å². The Kier molecular flexibility index (Phi) is 9.96. The van der Waals surface area contributed by atoms with Gasteiger partial charge in [-0.2, -0.15) is 0 Å². The van der Waals surface area contributed by atoms with Gasteiger partial charge in [0.15, 0.2) is 0 Å². The summed E-state index contributed by atoms with van der Waals surface area (Å²) in [6.07, 6.45) is 2.87. The number of aromatic nitrogens is 1. The van der Waals surface area contributed by atoms with Crippen molar-refractivity contribution in [3.8, 4) is 5.75 Å². The predicted molar refractivity (Wildman–Crippen MR) is 139 cm³/mol. The van der Waals surface area contributed by atoms with Gasteiger partial charge in [0, 0.05) is 35.8 Å². The van der Waals surface area contributed by atoms with E-state index in [9.17, 15) is 9.36 Å². The van der Waals surface area contributed by atoms with Crippen LogP contribution in [0.3, 0.4) is 0 Å². The average molecular weight is 505 g/mol. The first-order valence-electron chi connectivity index (χ1n) is 11.5. The first-order valence-corrected chi connectivity index (χ1v) is 14.1. The number of hydrogen-bond acceptors (Lipinski definition) is 7. The van der Waals surface area contributed by atoms with E-state index in [1.165, 1.54) is 10.9 Å². The number of hydrogen-bond donors (Lipinski definition) is 1. The highest BCUT2D eigenvalue weighted by Crippen LogP contribution is 2.47. The molecule has 0 unspecified atom stereocenters. The van der Waals surface area contributed by atoms with Crippen molar-refractivity contribution < 1.29 is 18.3 Å². The topological polar surface area (TPSA) is 78.8 Å². The second-order valence-corrected chi connectivity index (χ2v) is 10.9. The first kappa shape index (κ1) is 26.2. The molecule has 0 fully saturated rings. The molecule has 7 nitrogen and oxygen atoms in total. The largest absolute Gasteiger partial charge is 0.493 e. The molecule has 3 rings (SSSR count). The van der Waals surface area contributed by atoms with E-state index >= 15 is 0 Å². The van der Waals surface area contributed by atoms with Crippen LogP contribution >= 0.6 is 18.9 Å². The maximum Gasteiger partial charge on any atom is 0.332 e. The summed E-state index contributed by atoms with van der Waals surface area (Å²) < 4.78 is 30.8. The van der Waals surface area contributed by atoms with E-state index in [2.05, 4.69) is 11.4 Å². The molecule has 0 amide bonds. The molecular weight excluding hydrogens is 471 g/mol. The fourth-order valence-electron chi connectivity index (χ4n) is 3.55. The van der Waals surface area contributed by atoms with Crippen molar-refractivity contribution in [1.82, 2.24) is 4.57 Å². The lowest BCUT2D eigenvalue weighted by molar-refractivity contribution is 0.221. The minimum atomic E-state index is -3.09. The summed E-state index contributed by atoms with van der Waals surface area (Å²) in [7, 11) is -3.09. The van der Waals surface area contributed by atoms with Crippen molar-refractivity contribution in [2.45, 2.75) is 33.7 Å². The van der Waals surface area contributed by atoms with Gasteiger partial charge < -0.3 is 23.7 Å². The first-order chi connectivity index (χ1) is 16.4. The molecule has 2 heterocycles. The van der Waals surface area contributed by atoms with Gasteiger partial charge in [0.2, 0.25) is 0 Å². The highest BCUT2D eigenvalue weighted by Gasteiger charge is 2.22. The number of rotatable bonds is 14. The van der Waals surface area contributed by atoms with Crippen LogP contribution in [0.4, 0.5) is 5.69 Å². The molecule has 34 heavy (non-hydrogen) atoms. The van der Waals surface area contributed by atoms with Crippen molar-refractivity contribution in [3.05, 3.63) is 80.4 Å². The number of ether oxygens (including phenoxy) is 1. The van der Waals surface area contributed by atoms with E-state index in [0.29, 0.717) is 38.7 Å². The van der Waals surface area contributed by atoms with Crippen LogP contribution in [0.15, 0.2) is 58.8 Å². The molecule has 2 aromatic heterocycles. The number of benzene rings is 1. The molecule has 0 spiro atoms. The molecule has 0 saturated carbocycles. The number of pyridine rings is 1. The molecule has 1 aromatic carbocycles. The summed E-state index contributed by atoms with van der Waals surface area (Å²) in [4.78, 5) is 13.9. The quantitative estimate of drug-likeness (QED) is 0.289. The summed E-state index contributed by atoms with van der Waals surface area (Å²) in [6.45, 7) is 7.76. The Balaban J connectivity index is 1.59. The molecule has 1 N–H and O–H groups in total. The normalized spacial score (nSPS) is 11.5. The van der Waals surface area contributed by atoms with Gasteiger partial charge in [-0.05, 0) is 55.5 Å². The lowest BCUT2D eigenvalue weighted by atomic mass is 10.1. The summed E-state index contributed by atoms with van der Waals surface area (Å²) >= 11 is 1.70. The fourth-order valence-corrected chi connectivity index (χ4v) is 5.75. The van der Waals surface area contributed by atoms with Crippen LogP contribution in [0.25, 0.3) is 0 Å².